The number of rotatable bonds is 11. The van der Waals surface area contributed by atoms with E-state index < -0.39 is 60.3 Å². The summed E-state index contributed by atoms with van der Waals surface area (Å²) in [6.45, 7) is 2.78. The topological polar surface area (TPSA) is 127 Å². The fourth-order valence-corrected chi connectivity index (χ4v) is 5.74. The molecule has 1 saturated heterocycles. The Balaban J connectivity index is 1.50. The molecule has 1 aromatic heterocycles. The lowest BCUT2D eigenvalue weighted by molar-refractivity contribution is -0.144. The first-order chi connectivity index (χ1) is 21.3. The fourth-order valence-electron chi connectivity index (χ4n) is 5.74. The Labute approximate surface area is 261 Å². The molecular formula is C32H40F3N5O5. The van der Waals surface area contributed by atoms with Gasteiger partial charge in [-0.2, -0.15) is 13.2 Å². The van der Waals surface area contributed by atoms with Crippen LogP contribution in [0.3, 0.4) is 0 Å². The summed E-state index contributed by atoms with van der Waals surface area (Å²) in [5.74, 6) is 1.22. The predicted octanol–water partition coefficient (Wildman–Crippen LogP) is 1.68. The third-order valence-electron chi connectivity index (χ3n) is 8.32. The molecular weight excluding hydrogens is 591 g/mol. The van der Waals surface area contributed by atoms with Gasteiger partial charge in [0, 0.05) is 50.1 Å². The Morgan fingerprint density at radius 2 is 1.96 bits per heavy atom. The SMILES string of the molecule is C#CC(C)(C)N1CCN(C[C@@H](O)C[C@@H](Cc2cccnc2)C(=O)N[C@H]2c3ccccc3OC[C@H]2O)[C@H](C(=O)NCC(F)(F)F)C1. The second-order valence-corrected chi connectivity index (χ2v) is 12.0. The van der Waals surface area contributed by atoms with Gasteiger partial charge in [0.25, 0.3) is 0 Å². The van der Waals surface area contributed by atoms with Crippen LogP contribution in [0.2, 0.25) is 0 Å². The quantitative estimate of drug-likeness (QED) is 0.276. The number of hydrogen-bond donors (Lipinski definition) is 4. The highest BCUT2D eigenvalue weighted by Crippen LogP contribution is 2.32. The number of amides is 2. The Morgan fingerprint density at radius 1 is 1.20 bits per heavy atom. The van der Waals surface area contributed by atoms with Gasteiger partial charge in [-0.05, 0) is 44.4 Å². The third kappa shape index (κ3) is 9.17. The van der Waals surface area contributed by atoms with E-state index in [0.717, 1.165) is 5.56 Å². The number of pyridine rings is 1. The number of aliphatic hydroxyl groups excluding tert-OH is 2. The third-order valence-corrected chi connectivity index (χ3v) is 8.32. The van der Waals surface area contributed by atoms with Crippen LogP contribution in [0.25, 0.3) is 0 Å². The lowest BCUT2D eigenvalue weighted by Gasteiger charge is -2.46. The summed E-state index contributed by atoms with van der Waals surface area (Å²) in [6, 6.07) is 8.89. The molecule has 2 aliphatic rings. The molecule has 2 aromatic rings. The number of aliphatic hydroxyl groups is 2. The molecule has 4 N–H and O–H groups in total. The minimum absolute atomic E-state index is 0.00188. The molecule has 4 rings (SSSR count). The molecule has 0 spiro atoms. The lowest BCUT2D eigenvalue weighted by atomic mass is 9.91. The summed E-state index contributed by atoms with van der Waals surface area (Å²) in [6.07, 6.45) is 2.43. The van der Waals surface area contributed by atoms with Crippen molar-refractivity contribution in [3.63, 3.8) is 0 Å². The number of halogens is 3. The summed E-state index contributed by atoms with van der Waals surface area (Å²) >= 11 is 0. The molecule has 3 heterocycles. The van der Waals surface area contributed by atoms with Crippen molar-refractivity contribution in [3.8, 4) is 18.1 Å². The molecule has 13 heteroatoms. The highest BCUT2D eigenvalue weighted by molar-refractivity contribution is 5.82. The van der Waals surface area contributed by atoms with Crippen LogP contribution in [-0.2, 0) is 16.0 Å². The number of aromatic nitrogens is 1. The Morgan fingerprint density at radius 3 is 2.64 bits per heavy atom. The van der Waals surface area contributed by atoms with Crippen molar-refractivity contribution in [1.82, 2.24) is 25.4 Å². The van der Waals surface area contributed by atoms with Crippen LogP contribution in [-0.4, -0.2) is 106 Å². The molecule has 0 bridgehead atoms. The molecule has 0 unspecified atom stereocenters. The monoisotopic (exact) mass is 631 g/mol. The normalized spacial score (nSPS) is 22.3. The van der Waals surface area contributed by atoms with E-state index in [1.54, 1.807) is 61.5 Å². The number of fused-ring (bicyclic) bond motifs is 1. The number of carbonyl (C=O) groups excluding carboxylic acids is 2. The Kier molecular flexibility index (Phi) is 11.1. The first kappa shape index (κ1) is 34.2. The van der Waals surface area contributed by atoms with Gasteiger partial charge in [0.1, 0.15) is 31.0 Å². The van der Waals surface area contributed by atoms with E-state index in [1.807, 2.05) is 16.3 Å². The van der Waals surface area contributed by atoms with Crippen molar-refractivity contribution in [2.24, 2.45) is 5.92 Å². The number of β-amino-alcohol motifs (C(OH)–C–C–N with tert-alkyl or cyclic N) is 1. The number of carbonyl (C=O) groups is 2. The maximum Gasteiger partial charge on any atom is 0.405 e. The van der Waals surface area contributed by atoms with Gasteiger partial charge >= 0.3 is 6.18 Å². The predicted molar refractivity (Wildman–Crippen MR) is 160 cm³/mol. The molecule has 0 radical (unpaired) electrons. The first-order valence-corrected chi connectivity index (χ1v) is 14.9. The van der Waals surface area contributed by atoms with Gasteiger partial charge in [-0.1, -0.05) is 30.2 Å². The van der Waals surface area contributed by atoms with E-state index >= 15 is 0 Å². The summed E-state index contributed by atoms with van der Waals surface area (Å²) in [7, 11) is 0. The molecule has 10 nitrogen and oxygen atoms in total. The van der Waals surface area contributed by atoms with Crippen molar-refractivity contribution in [2.45, 2.75) is 62.7 Å². The van der Waals surface area contributed by atoms with Gasteiger partial charge in [0.2, 0.25) is 11.8 Å². The molecule has 0 aliphatic carbocycles. The average molecular weight is 632 g/mol. The summed E-state index contributed by atoms with van der Waals surface area (Å²) in [4.78, 5) is 34.3. The van der Waals surface area contributed by atoms with Crippen LogP contribution in [0.15, 0.2) is 48.8 Å². The molecule has 1 fully saturated rings. The van der Waals surface area contributed by atoms with Gasteiger partial charge < -0.3 is 25.6 Å². The molecule has 45 heavy (non-hydrogen) atoms. The van der Waals surface area contributed by atoms with Crippen LogP contribution < -0.4 is 15.4 Å². The average Bonchev–Trinajstić information content (AvgIpc) is 3.01. The van der Waals surface area contributed by atoms with Crippen LogP contribution in [0, 0.1) is 18.3 Å². The largest absolute Gasteiger partial charge is 0.490 e. The van der Waals surface area contributed by atoms with E-state index in [-0.39, 0.29) is 39.1 Å². The maximum atomic E-state index is 13.7. The highest BCUT2D eigenvalue weighted by atomic mass is 19.4. The van der Waals surface area contributed by atoms with Crippen molar-refractivity contribution in [2.75, 3.05) is 39.3 Å². The highest BCUT2D eigenvalue weighted by Gasteiger charge is 2.40. The van der Waals surface area contributed by atoms with Gasteiger partial charge in [-0.15, -0.1) is 6.42 Å². The standard InChI is InChI=1S/C32H40F3N5O5/c1-4-31(2,3)40-13-12-39(25(18-40)30(44)37-20-32(33,34)35)17-23(41)15-22(14-21-8-7-11-36-16-21)29(43)38-28-24-9-5-6-10-27(24)45-19-26(28)42/h1,5-11,16,22-23,25-26,28,41-42H,12-15,17-20H2,2-3H3,(H,37,44)(H,38,43)/t22-,23+,25+,26-,28+/m1/s1. The van der Waals surface area contributed by atoms with Crippen molar-refractivity contribution in [1.29, 1.82) is 0 Å². The number of ether oxygens (including phenoxy) is 1. The zero-order chi connectivity index (χ0) is 32.8. The van der Waals surface area contributed by atoms with E-state index in [1.165, 1.54) is 0 Å². The number of piperazine rings is 1. The van der Waals surface area contributed by atoms with Gasteiger partial charge in [-0.25, -0.2) is 0 Å². The zero-order valence-corrected chi connectivity index (χ0v) is 25.3. The van der Waals surface area contributed by atoms with Gasteiger partial charge in [0.15, 0.2) is 0 Å². The molecule has 5 atom stereocenters. The smallest absolute Gasteiger partial charge is 0.405 e. The number of alkyl halides is 3. The number of nitrogens with one attached hydrogen (secondary N) is 2. The van der Waals surface area contributed by atoms with Crippen molar-refractivity contribution >= 4 is 11.8 Å². The number of nitrogens with zero attached hydrogens (tertiary/aromatic N) is 3. The van der Waals surface area contributed by atoms with Crippen LogP contribution in [0.5, 0.6) is 5.75 Å². The van der Waals surface area contributed by atoms with E-state index in [2.05, 4.69) is 16.2 Å². The Bertz CT molecular complexity index is 1350. The lowest BCUT2D eigenvalue weighted by Crippen LogP contribution is -2.64. The minimum atomic E-state index is -4.59. The van der Waals surface area contributed by atoms with Crippen LogP contribution >= 0.6 is 0 Å². The molecule has 2 aliphatic heterocycles. The molecule has 244 valence electrons. The molecule has 2 amide bonds. The van der Waals surface area contributed by atoms with E-state index in [9.17, 15) is 33.0 Å². The molecule has 0 saturated carbocycles. The summed E-state index contributed by atoms with van der Waals surface area (Å²) < 4.78 is 44.3. The minimum Gasteiger partial charge on any atom is -0.490 e. The second kappa shape index (κ2) is 14.6. The van der Waals surface area contributed by atoms with Crippen LogP contribution in [0.4, 0.5) is 13.2 Å². The number of para-hydroxylation sites is 1. The van der Waals surface area contributed by atoms with Crippen molar-refractivity contribution < 1.29 is 37.7 Å². The van der Waals surface area contributed by atoms with Crippen molar-refractivity contribution in [3.05, 3.63) is 59.9 Å². The van der Waals surface area contributed by atoms with Crippen LogP contribution in [0.1, 0.15) is 37.4 Å². The Hall–Kier alpha value is -3.70. The molecule has 1 aromatic carbocycles. The van der Waals surface area contributed by atoms with E-state index in [4.69, 9.17) is 11.2 Å². The summed E-state index contributed by atoms with van der Waals surface area (Å²) in [5.41, 5.74) is 0.645. The second-order valence-electron chi connectivity index (χ2n) is 12.0. The number of hydrogen-bond acceptors (Lipinski definition) is 8. The van der Waals surface area contributed by atoms with E-state index in [0.29, 0.717) is 17.9 Å². The maximum absolute atomic E-state index is 13.7. The number of terminal acetylenes is 1. The fraction of sp³-hybridized carbons (Fsp3) is 0.531. The summed E-state index contributed by atoms with van der Waals surface area (Å²) in [5, 5.41) is 26.9. The zero-order valence-electron chi connectivity index (χ0n) is 25.3. The first-order valence-electron chi connectivity index (χ1n) is 14.9. The van der Waals surface area contributed by atoms with Gasteiger partial charge in [0.05, 0.1) is 17.7 Å². The van der Waals surface area contributed by atoms with Gasteiger partial charge in [-0.3, -0.25) is 24.4 Å². The number of benzene rings is 1.